The van der Waals surface area contributed by atoms with Crippen LogP contribution in [0.4, 0.5) is 0 Å². The number of rotatable bonds is 5. The fourth-order valence-electron chi connectivity index (χ4n) is 7.47. The van der Waals surface area contributed by atoms with Crippen molar-refractivity contribution in [2.75, 3.05) is 0 Å². The van der Waals surface area contributed by atoms with Gasteiger partial charge in [-0.3, -0.25) is 0 Å². The van der Waals surface area contributed by atoms with Crippen LogP contribution in [0.2, 0.25) is 0 Å². The smallest absolute Gasteiger partial charge is 0.164 e. The van der Waals surface area contributed by atoms with E-state index >= 15 is 0 Å². The second-order valence-electron chi connectivity index (χ2n) is 13.2. The average Bonchev–Trinajstić information content (AvgIpc) is 3.22. The topological polar surface area (TPSA) is 38.7 Å². The number of nitrogens with zero attached hydrogens (tertiary/aromatic N) is 3. The summed E-state index contributed by atoms with van der Waals surface area (Å²) in [7, 11) is 0. The molecule has 0 atom stereocenters. The van der Waals surface area contributed by atoms with E-state index in [1.165, 1.54) is 43.8 Å². The molecule has 0 bridgehead atoms. The Morgan fingerprint density at radius 3 is 1.42 bits per heavy atom. The van der Waals surface area contributed by atoms with Crippen molar-refractivity contribution in [3.63, 3.8) is 0 Å². The molecule has 0 saturated carbocycles. The van der Waals surface area contributed by atoms with Crippen molar-refractivity contribution < 1.29 is 0 Å². The second kappa shape index (κ2) is 12.4. The summed E-state index contributed by atoms with van der Waals surface area (Å²) in [6.07, 6.45) is 0. The van der Waals surface area contributed by atoms with Gasteiger partial charge in [0.25, 0.3) is 0 Å². The van der Waals surface area contributed by atoms with Crippen molar-refractivity contribution >= 4 is 43.1 Å². The monoisotopic (exact) mass is 661 g/mol. The van der Waals surface area contributed by atoms with E-state index in [-0.39, 0.29) is 0 Å². The molecular weight excluding hydrogens is 631 g/mol. The zero-order chi connectivity index (χ0) is 34.4. The van der Waals surface area contributed by atoms with E-state index in [0.29, 0.717) is 17.5 Å². The van der Waals surface area contributed by atoms with Gasteiger partial charge in [0.1, 0.15) is 0 Å². The molecule has 10 aromatic rings. The van der Waals surface area contributed by atoms with Crippen LogP contribution in [0.1, 0.15) is 0 Å². The highest BCUT2D eigenvalue weighted by atomic mass is 15.0. The number of hydrogen-bond acceptors (Lipinski definition) is 3. The molecule has 0 saturated heterocycles. The van der Waals surface area contributed by atoms with Gasteiger partial charge < -0.3 is 0 Å². The van der Waals surface area contributed by atoms with Crippen LogP contribution in [0.25, 0.3) is 99.5 Å². The van der Waals surface area contributed by atoms with Crippen molar-refractivity contribution in [3.05, 3.63) is 188 Å². The molecule has 0 amide bonds. The molecule has 242 valence electrons. The Morgan fingerprint density at radius 2 is 0.692 bits per heavy atom. The summed E-state index contributed by atoms with van der Waals surface area (Å²) in [6, 6.07) is 66.5. The van der Waals surface area contributed by atoms with Crippen LogP contribution in [0, 0.1) is 0 Å². The van der Waals surface area contributed by atoms with Crippen molar-refractivity contribution in [3.8, 4) is 56.4 Å². The summed E-state index contributed by atoms with van der Waals surface area (Å²) in [6.45, 7) is 0. The quantitative estimate of drug-likeness (QED) is 0.184. The van der Waals surface area contributed by atoms with Crippen molar-refractivity contribution in [1.82, 2.24) is 15.0 Å². The third kappa shape index (κ3) is 5.28. The zero-order valence-electron chi connectivity index (χ0n) is 28.2. The van der Waals surface area contributed by atoms with Gasteiger partial charge in [0.2, 0.25) is 0 Å². The van der Waals surface area contributed by atoms with Crippen LogP contribution in [-0.4, -0.2) is 15.0 Å². The number of aromatic nitrogens is 3. The number of benzene rings is 9. The summed E-state index contributed by atoms with van der Waals surface area (Å²) in [5.74, 6) is 1.94. The minimum Gasteiger partial charge on any atom is -0.208 e. The molecule has 0 aliphatic carbocycles. The van der Waals surface area contributed by atoms with Crippen molar-refractivity contribution in [1.29, 1.82) is 0 Å². The SMILES string of the molecule is c1ccc(-c2ccc3cc(-c4nc(-c5ccc6ccccc6c5)nc(-c5ccc(-c6cccc7ccccc67)c6ccccc56)n4)ccc3c2)cc1. The molecular formula is C49H31N3. The summed E-state index contributed by atoms with van der Waals surface area (Å²) < 4.78 is 0. The van der Waals surface area contributed by atoms with E-state index in [0.717, 1.165) is 38.2 Å². The first-order valence-electron chi connectivity index (χ1n) is 17.6. The molecule has 1 heterocycles. The highest BCUT2D eigenvalue weighted by molar-refractivity contribution is 6.09. The van der Waals surface area contributed by atoms with Gasteiger partial charge in [-0.1, -0.05) is 164 Å². The van der Waals surface area contributed by atoms with E-state index in [1.54, 1.807) is 0 Å². The van der Waals surface area contributed by atoms with Crippen LogP contribution in [-0.2, 0) is 0 Å². The summed E-state index contributed by atoms with van der Waals surface area (Å²) in [5, 5.41) is 9.35. The van der Waals surface area contributed by atoms with Gasteiger partial charge in [-0.2, -0.15) is 0 Å². The maximum atomic E-state index is 5.21. The second-order valence-corrected chi connectivity index (χ2v) is 13.2. The van der Waals surface area contributed by atoms with Crippen LogP contribution < -0.4 is 0 Å². The number of hydrogen-bond donors (Lipinski definition) is 0. The summed E-state index contributed by atoms with van der Waals surface area (Å²) in [5.41, 5.74) is 7.66. The third-order valence-corrected chi connectivity index (χ3v) is 10.1. The predicted octanol–water partition coefficient (Wildman–Crippen LogP) is 12.8. The van der Waals surface area contributed by atoms with E-state index in [4.69, 9.17) is 15.0 Å². The zero-order valence-corrected chi connectivity index (χ0v) is 28.2. The summed E-state index contributed by atoms with van der Waals surface area (Å²) in [4.78, 5) is 15.5. The van der Waals surface area contributed by atoms with Gasteiger partial charge in [0.15, 0.2) is 17.5 Å². The first-order valence-corrected chi connectivity index (χ1v) is 17.6. The Kier molecular flexibility index (Phi) is 7.14. The van der Waals surface area contributed by atoms with Crippen LogP contribution in [0.15, 0.2) is 188 Å². The van der Waals surface area contributed by atoms with Crippen molar-refractivity contribution in [2.45, 2.75) is 0 Å². The lowest BCUT2D eigenvalue weighted by Gasteiger charge is -2.14. The van der Waals surface area contributed by atoms with E-state index in [2.05, 4.69) is 182 Å². The lowest BCUT2D eigenvalue weighted by Crippen LogP contribution is -2.01. The molecule has 52 heavy (non-hydrogen) atoms. The molecule has 3 heteroatoms. The van der Waals surface area contributed by atoms with Gasteiger partial charge in [0.05, 0.1) is 0 Å². The normalized spacial score (nSPS) is 11.5. The minimum atomic E-state index is 0.643. The van der Waals surface area contributed by atoms with Gasteiger partial charge in [-0.25, -0.2) is 15.0 Å². The van der Waals surface area contributed by atoms with Gasteiger partial charge in [0, 0.05) is 16.7 Å². The third-order valence-electron chi connectivity index (χ3n) is 10.1. The molecule has 9 aromatic carbocycles. The van der Waals surface area contributed by atoms with Crippen LogP contribution in [0.5, 0.6) is 0 Å². The Hall–Kier alpha value is -6.97. The number of fused-ring (bicyclic) bond motifs is 4. The first-order chi connectivity index (χ1) is 25.7. The van der Waals surface area contributed by atoms with E-state index in [1.807, 2.05) is 6.07 Å². The molecule has 0 unspecified atom stereocenters. The summed E-state index contributed by atoms with van der Waals surface area (Å²) >= 11 is 0. The van der Waals surface area contributed by atoms with E-state index in [9.17, 15) is 0 Å². The fraction of sp³-hybridized carbons (Fsp3) is 0. The van der Waals surface area contributed by atoms with E-state index < -0.39 is 0 Å². The minimum absolute atomic E-state index is 0.643. The maximum Gasteiger partial charge on any atom is 0.164 e. The van der Waals surface area contributed by atoms with Crippen molar-refractivity contribution in [2.24, 2.45) is 0 Å². The molecule has 1 aromatic heterocycles. The van der Waals surface area contributed by atoms with Gasteiger partial charge in [-0.15, -0.1) is 0 Å². The molecule has 10 rings (SSSR count). The Morgan fingerprint density at radius 1 is 0.231 bits per heavy atom. The Labute approximate surface area is 301 Å². The largest absolute Gasteiger partial charge is 0.208 e. The van der Waals surface area contributed by atoms with Gasteiger partial charge >= 0.3 is 0 Å². The first kappa shape index (κ1) is 29.9. The molecule has 0 fully saturated rings. The molecule has 3 nitrogen and oxygen atoms in total. The maximum absolute atomic E-state index is 5.21. The predicted molar refractivity (Wildman–Crippen MR) is 217 cm³/mol. The standard InChI is InChI=1S/C49H31N3/c1-2-11-32(12-3-1)36-22-23-38-31-40(26-24-37(38)29-36)48-50-47(39-25-21-33-13-4-5-15-35(33)30-39)51-49(52-48)46-28-27-45(43-18-8-9-19-44(43)46)42-20-10-16-34-14-6-7-17-41(34)42/h1-31H. The molecule has 0 aliphatic heterocycles. The molecule has 0 aliphatic rings. The lowest BCUT2D eigenvalue weighted by atomic mass is 9.92. The lowest BCUT2D eigenvalue weighted by molar-refractivity contribution is 1.08. The molecule has 0 radical (unpaired) electrons. The average molecular weight is 662 g/mol. The highest BCUT2D eigenvalue weighted by Crippen LogP contribution is 2.39. The van der Waals surface area contributed by atoms with Gasteiger partial charge in [-0.05, 0) is 89.6 Å². The Balaban J connectivity index is 1.16. The molecule has 0 spiro atoms. The van der Waals surface area contributed by atoms with Crippen LogP contribution >= 0.6 is 0 Å². The fourth-order valence-corrected chi connectivity index (χ4v) is 7.47. The van der Waals surface area contributed by atoms with Crippen LogP contribution in [0.3, 0.4) is 0 Å². The molecule has 0 N–H and O–H groups in total. The highest BCUT2D eigenvalue weighted by Gasteiger charge is 2.17. The Bertz CT molecular complexity index is 2960.